The summed E-state index contributed by atoms with van der Waals surface area (Å²) in [5.74, 6) is -2.93. The second-order valence-electron chi connectivity index (χ2n) is 14.2. The van der Waals surface area contributed by atoms with Gasteiger partial charge in [-0.05, 0) is 86.3 Å². The van der Waals surface area contributed by atoms with Crippen molar-refractivity contribution in [1.29, 1.82) is 0 Å². The molecule has 4 aromatic rings. The van der Waals surface area contributed by atoms with Crippen molar-refractivity contribution in [3.63, 3.8) is 0 Å². The molecular weight excluding hydrogens is 741 g/mol. The molecule has 0 bridgehead atoms. The average molecular weight is 786 g/mol. The molecule has 3 heterocycles. The molecule has 0 spiro atoms. The second-order valence-corrected chi connectivity index (χ2v) is 14.6. The van der Waals surface area contributed by atoms with Crippen LogP contribution in [0, 0.1) is 12.7 Å². The van der Waals surface area contributed by atoms with Gasteiger partial charge >= 0.3 is 0 Å². The molecule has 1 fully saturated rings. The number of hydrogen-bond donors (Lipinski definition) is 3. The van der Waals surface area contributed by atoms with Gasteiger partial charge in [0.2, 0.25) is 17.7 Å². The fourth-order valence-electron chi connectivity index (χ4n) is 7.41. The summed E-state index contributed by atoms with van der Waals surface area (Å²) in [6.45, 7) is 2.89. The van der Waals surface area contributed by atoms with Crippen molar-refractivity contribution in [1.82, 2.24) is 20.1 Å². The Morgan fingerprint density at radius 2 is 1.52 bits per heavy atom. The third-order valence-electron chi connectivity index (χ3n) is 10.4. The van der Waals surface area contributed by atoms with Crippen molar-refractivity contribution in [2.24, 2.45) is 0 Å². The normalized spacial score (nSPS) is 15.3. The smallest absolute Gasteiger partial charge is 0.262 e. The molecule has 1 aromatic heterocycles. The van der Waals surface area contributed by atoms with E-state index in [-0.39, 0.29) is 47.9 Å². The number of hydrogen-bond acceptors (Lipinski definition) is 8. The van der Waals surface area contributed by atoms with Crippen LogP contribution in [0.1, 0.15) is 107 Å². The molecule has 2 aliphatic heterocycles. The number of nitrogens with one attached hydrogen (secondary N) is 3. The second kappa shape index (κ2) is 17.9. The van der Waals surface area contributed by atoms with Crippen molar-refractivity contribution in [3.8, 4) is 5.75 Å². The fraction of sp³-hybridized carbons (Fsp3) is 0.381. The van der Waals surface area contributed by atoms with Crippen LogP contribution in [0.25, 0.3) is 10.9 Å². The first-order valence-corrected chi connectivity index (χ1v) is 19.4. The van der Waals surface area contributed by atoms with E-state index in [0.717, 1.165) is 73.3 Å². The van der Waals surface area contributed by atoms with Gasteiger partial charge in [-0.15, -0.1) is 0 Å². The highest BCUT2D eigenvalue weighted by Gasteiger charge is 2.45. The summed E-state index contributed by atoms with van der Waals surface area (Å²) in [5.41, 5.74) is 2.73. The number of nitrogens with zero attached hydrogens (tertiary/aromatic N) is 2. The predicted molar refractivity (Wildman–Crippen MR) is 210 cm³/mol. The Kier molecular flexibility index (Phi) is 12.8. The Labute approximate surface area is 329 Å². The zero-order valence-electron chi connectivity index (χ0n) is 31.5. The number of methoxy groups -OCH3 is 1. The summed E-state index contributed by atoms with van der Waals surface area (Å²) in [5, 5.41) is 9.54. The van der Waals surface area contributed by atoms with Crippen LogP contribution in [0.5, 0.6) is 5.75 Å². The van der Waals surface area contributed by atoms with E-state index in [9.17, 15) is 33.2 Å². The van der Waals surface area contributed by atoms with Crippen LogP contribution in [0.4, 0.5) is 10.1 Å². The third-order valence-corrected chi connectivity index (χ3v) is 10.7. The molecule has 14 heteroatoms. The molecule has 2 aliphatic rings. The number of unbranched alkanes of at least 4 members (excludes halogenated alkanes) is 7. The van der Waals surface area contributed by atoms with Gasteiger partial charge in [0.05, 0.1) is 35.9 Å². The van der Waals surface area contributed by atoms with Gasteiger partial charge in [-0.2, -0.15) is 0 Å². The lowest BCUT2D eigenvalue weighted by Crippen LogP contribution is -2.54. The number of imide groups is 2. The molecule has 5 amide bonds. The van der Waals surface area contributed by atoms with E-state index < -0.39 is 35.5 Å². The maximum atomic E-state index is 14.9. The highest BCUT2D eigenvalue weighted by Crippen LogP contribution is 2.33. The van der Waals surface area contributed by atoms with E-state index in [0.29, 0.717) is 40.6 Å². The van der Waals surface area contributed by atoms with Crippen LogP contribution >= 0.6 is 11.6 Å². The number of carbonyl (C=O) groups is 6. The first-order valence-electron chi connectivity index (χ1n) is 19.0. The van der Waals surface area contributed by atoms with E-state index in [1.165, 1.54) is 6.07 Å². The van der Waals surface area contributed by atoms with Crippen molar-refractivity contribution in [2.75, 3.05) is 25.5 Å². The predicted octanol–water partition coefficient (Wildman–Crippen LogP) is 6.73. The lowest BCUT2D eigenvalue weighted by Gasteiger charge is -2.27. The zero-order valence-corrected chi connectivity index (χ0v) is 32.2. The Bertz CT molecular complexity index is 2180. The van der Waals surface area contributed by atoms with E-state index in [1.807, 2.05) is 19.1 Å². The third kappa shape index (κ3) is 8.78. The summed E-state index contributed by atoms with van der Waals surface area (Å²) in [7, 11) is 1.58. The zero-order chi connectivity index (χ0) is 39.9. The summed E-state index contributed by atoms with van der Waals surface area (Å²) >= 11 is 6.03. The number of benzene rings is 3. The van der Waals surface area contributed by atoms with Crippen LogP contribution in [0.15, 0.2) is 54.6 Å². The van der Waals surface area contributed by atoms with Crippen molar-refractivity contribution in [2.45, 2.75) is 83.6 Å². The average Bonchev–Trinajstić information content (AvgIpc) is 3.58. The number of rotatable bonds is 17. The van der Waals surface area contributed by atoms with Crippen molar-refractivity contribution in [3.05, 3.63) is 93.4 Å². The lowest BCUT2D eigenvalue weighted by molar-refractivity contribution is -0.136. The topological polar surface area (TPSA) is 156 Å². The van der Waals surface area contributed by atoms with Gasteiger partial charge < -0.3 is 15.4 Å². The quantitative estimate of drug-likeness (QED) is 0.0786. The monoisotopic (exact) mass is 785 g/mol. The van der Waals surface area contributed by atoms with E-state index in [2.05, 4.69) is 16.0 Å². The van der Waals surface area contributed by atoms with Gasteiger partial charge in [-0.1, -0.05) is 50.1 Å². The number of fused-ring (bicyclic) bond motifs is 2. The summed E-state index contributed by atoms with van der Waals surface area (Å²) in [6.07, 6.45) is 7.89. The molecule has 0 radical (unpaired) electrons. The van der Waals surface area contributed by atoms with E-state index >= 15 is 0 Å². The van der Waals surface area contributed by atoms with Crippen LogP contribution in [0.3, 0.4) is 0 Å². The van der Waals surface area contributed by atoms with Gasteiger partial charge in [0.25, 0.3) is 17.7 Å². The lowest BCUT2D eigenvalue weighted by atomic mass is 10.0. The van der Waals surface area contributed by atoms with Crippen molar-refractivity contribution >= 4 is 63.6 Å². The molecule has 56 heavy (non-hydrogen) atoms. The summed E-state index contributed by atoms with van der Waals surface area (Å²) < 4.78 is 21.9. The molecule has 1 saturated heterocycles. The number of ether oxygens (including phenoxy) is 1. The Morgan fingerprint density at radius 1 is 0.875 bits per heavy atom. The minimum absolute atomic E-state index is 0.0104. The molecule has 12 nitrogen and oxygen atoms in total. The van der Waals surface area contributed by atoms with E-state index in [4.69, 9.17) is 16.3 Å². The molecule has 1 atom stereocenters. The minimum Gasteiger partial charge on any atom is -0.497 e. The Hall–Kier alpha value is -5.56. The molecule has 6 rings (SSSR count). The van der Waals surface area contributed by atoms with Crippen molar-refractivity contribution < 1.29 is 37.9 Å². The molecule has 3 N–H and O–H groups in total. The Morgan fingerprint density at radius 3 is 2.18 bits per heavy atom. The standard InChI is InChI=1S/C42H45ClFN5O7/c1-25-29(30-21-28(56-2)15-16-35(30)48(25)40(53)26-11-13-27(43)14-12-26)24-38(51)46-20-10-8-6-4-3-5-7-9-19-45-34-23-32-31(22-33(34)44)41(54)49(42(32)55)36-17-18-37(50)47-39(36)52/h11-16,21-23,36,45H,3-10,17-20,24H2,1-2H3,(H,46,51)(H,47,50,52). The number of carbonyl (C=O) groups excluding carboxylic acids is 6. The summed E-state index contributed by atoms with van der Waals surface area (Å²) in [6, 6.07) is 13.5. The maximum Gasteiger partial charge on any atom is 0.262 e. The molecule has 0 saturated carbocycles. The SMILES string of the molecule is COc1ccc2c(c1)c(CC(=O)NCCCCCCCCCCNc1cc3c(cc1F)C(=O)N(C1CCC(=O)NC1=O)C3=O)c(C)n2C(=O)c1ccc(Cl)cc1. The highest BCUT2D eigenvalue weighted by atomic mass is 35.5. The summed E-state index contributed by atoms with van der Waals surface area (Å²) in [4.78, 5) is 77.1. The van der Waals surface area contributed by atoms with Crippen LogP contribution in [0.2, 0.25) is 5.02 Å². The maximum absolute atomic E-state index is 14.9. The number of amides is 5. The van der Waals surface area contributed by atoms with Crippen LogP contribution in [-0.4, -0.2) is 71.2 Å². The molecule has 0 aliphatic carbocycles. The van der Waals surface area contributed by atoms with Gasteiger partial charge in [0, 0.05) is 41.2 Å². The van der Waals surface area contributed by atoms with Gasteiger partial charge in [-0.3, -0.25) is 43.6 Å². The van der Waals surface area contributed by atoms with E-state index in [1.54, 1.807) is 42.0 Å². The van der Waals surface area contributed by atoms with Gasteiger partial charge in [0.15, 0.2) is 0 Å². The van der Waals surface area contributed by atoms with Gasteiger partial charge in [-0.25, -0.2) is 4.39 Å². The molecule has 3 aromatic carbocycles. The first kappa shape index (κ1) is 40.1. The highest BCUT2D eigenvalue weighted by molar-refractivity contribution is 6.30. The molecular formula is C42H45ClFN5O7. The van der Waals surface area contributed by atoms with Crippen LogP contribution in [-0.2, 0) is 20.8 Å². The van der Waals surface area contributed by atoms with Gasteiger partial charge in [0.1, 0.15) is 17.6 Å². The fourth-order valence-corrected chi connectivity index (χ4v) is 7.53. The number of aromatic nitrogens is 1. The number of anilines is 1. The molecule has 1 unspecified atom stereocenters. The number of piperidine rings is 1. The van der Waals surface area contributed by atoms with Crippen LogP contribution < -0.4 is 20.7 Å². The molecule has 294 valence electrons. The largest absolute Gasteiger partial charge is 0.497 e. The number of halogens is 2. The first-order chi connectivity index (χ1) is 27.0. The minimum atomic E-state index is -1.10. The Balaban J connectivity index is 0.879.